The molecule has 4 radical (unpaired) electrons. The molecule has 34 heavy (non-hydrogen) atoms. The third-order valence-corrected chi connectivity index (χ3v) is 14.1. The standard InChI is InChI=1S/3CH5ClO6P2.4Fe/c3*2-1(9(3,4)5)10(6,7)8;;;;/h3*1H,(H2,3,4,5)(H2,6,7,8);;;;/q;;;4*+3/p-12. The van der Waals surface area contributed by atoms with E-state index >= 15 is 0 Å². The summed E-state index contributed by atoms with van der Waals surface area (Å²) in [5, 5.41) is 0. The molecule has 31 heteroatoms. The molecule has 0 aliphatic rings. The molecule has 206 valence electrons. The minimum atomic E-state index is -5.50. The molecule has 0 N–H and O–H groups in total. The van der Waals surface area contributed by atoms with E-state index < -0.39 is 60.2 Å². The Kier molecular flexibility index (Phi) is 31.5. The van der Waals surface area contributed by atoms with Crippen molar-refractivity contribution in [2.75, 3.05) is 0 Å². The van der Waals surface area contributed by atoms with Crippen molar-refractivity contribution < 1.29 is 154 Å². The summed E-state index contributed by atoms with van der Waals surface area (Å²) in [7, 11) is -33.0. The van der Waals surface area contributed by atoms with E-state index in [2.05, 4.69) is 34.8 Å². The van der Waals surface area contributed by atoms with Crippen LogP contribution in [-0.4, -0.2) is 14.6 Å². The summed E-state index contributed by atoms with van der Waals surface area (Å²) in [6, 6.07) is 0. The molecule has 0 saturated heterocycles. The fraction of sp³-hybridized carbons (Fsp3) is 1.00. The van der Waals surface area contributed by atoms with Gasteiger partial charge in [0.1, 0.15) is 0 Å². The van der Waals surface area contributed by atoms with Gasteiger partial charge in [0, 0.05) is 0 Å². The Bertz CT molecular complexity index is 661. The fourth-order valence-electron chi connectivity index (χ4n) is 0.520. The van der Waals surface area contributed by atoms with Gasteiger partial charge in [-0.2, -0.15) is 0 Å². The molecule has 0 aliphatic carbocycles. The first-order valence-corrected chi connectivity index (χ1v) is 16.5. The summed E-state index contributed by atoms with van der Waals surface area (Å²) >= 11 is 13.4. The van der Waals surface area contributed by atoms with E-state index in [1.54, 1.807) is 0 Å². The minimum Gasteiger partial charge on any atom is -0.809 e. The van der Waals surface area contributed by atoms with Gasteiger partial charge in [0.05, 0.1) is 14.6 Å². The molecule has 0 unspecified atom stereocenters. The van der Waals surface area contributed by atoms with E-state index in [1.807, 2.05) is 0 Å². The van der Waals surface area contributed by atoms with Crippen LogP contribution in [0.15, 0.2) is 0 Å². The van der Waals surface area contributed by atoms with Crippen molar-refractivity contribution in [1.82, 2.24) is 0 Å². The van der Waals surface area contributed by atoms with Gasteiger partial charge in [-0.3, -0.25) is 0 Å². The fourth-order valence-corrected chi connectivity index (χ4v) is 4.68. The van der Waals surface area contributed by atoms with E-state index in [0.717, 1.165) is 0 Å². The predicted octanol–water partition coefficient (Wildman–Crippen LogP) is -8.00. The zero-order valence-electron chi connectivity index (χ0n) is 14.3. The predicted molar refractivity (Wildman–Crippen MR) is 74.6 cm³/mol. The second-order valence-electron chi connectivity index (χ2n) is 4.17. The van der Waals surface area contributed by atoms with Crippen molar-refractivity contribution in [1.29, 1.82) is 0 Å². The Labute approximate surface area is 247 Å². The second kappa shape index (κ2) is 19.8. The molecule has 0 heterocycles. The third kappa shape index (κ3) is 27.4. The number of rotatable bonds is 6. The van der Waals surface area contributed by atoms with Crippen molar-refractivity contribution in [2.24, 2.45) is 0 Å². The Balaban J connectivity index is -0.0000000607. The van der Waals surface area contributed by atoms with Gasteiger partial charge in [-0.05, 0) is 45.6 Å². The zero-order chi connectivity index (χ0) is 25.7. The van der Waals surface area contributed by atoms with Gasteiger partial charge >= 0.3 is 68.3 Å². The Morgan fingerprint density at radius 1 is 0.324 bits per heavy atom. The molecule has 0 fully saturated rings. The molecule has 0 aromatic heterocycles. The first-order valence-electron chi connectivity index (χ1n) is 5.49. The number of hydrogen-bond donors (Lipinski definition) is 0. The monoisotopic (exact) mass is 841 g/mol. The van der Waals surface area contributed by atoms with E-state index in [-0.39, 0.29) is 68.3 Å². The topological polar surface area (TPSA) is 379 Å². The van der Waals surface area contributed by atoms with Gasteiger partial charge < -0.3 is 86.1 Å². The van der Waals surface area contributed by atoms with Crippen LogP contribution in [0, 0.1) is 0 Å². The van der Waals surface area contributed by atoms with Crippen molar-refractivity contribution in [2.45, 2.75) is 14.6 Å². The Morgan fingerprint density at radius 2 is 0.382 bits per heavy atom. The molecular weight excluding hydrogens is 840 g/mol. The zero-order valence-corrected chi connectivity index (χ0v) is 26.4. The summed E-state index contributed by atoms with van der Waals surface area (Å²) in [5.41, 5.74) is 0. The number of halogens is 3. The van der Waals surface area contributed by atoms with Crippen LogP contribution in [0.1, 0.15) is 0 Å². The van der Waals surface area contributed by atoms with Crippen LogP contribution in [0.4, 0.5) is 0 Å². The molecular formula is C3H3Cl3Fe4O18P6. The summed E-state index contributed by atoms with van der Waals surface area (Å²) in [6.07, 6.45) is 0. The maximum atomic E-state index is 9.75. The maximum absolute atomic E-state index is 9.75. The molecule has 0 atom stereocenters. The molecule has 0 aromatic rings. The summed E-state index contributed by atoms with van der Waals surface area (Å²) in [4.78, 5) is 108. The SMILES string of the molecule is O=P([O-])([O-])C(Cl)P(=O)([O-])[O-].O=P([O-])([O-])C(Cl)P(=O)([O-])[O-].O=P([O-])([O-])C(Cl)P(=O)([O-])[O-].[Fe+3].[Fe+3].[Fe+3].[Fe+3]. The number of alkyl halides is 3. The second-order valence-corrected chi connectivity index (χ2v) is 18.1. The maximum Gasteiger partial charge on any atom is 3.00 e. The van der Waals surface area contributed by atoms with Crippen LogP contribution in [0.25, 0.3) is 0 Å². The quantitative estimate of drug-likeness (QED) is 0.136. The van der Waals surface area contributed by atoms with Crippen molar-refractivity contribution in [3.63, 3.8) is 0 Å². The first-order chi connectivity index (χ1) is 12.5. The van der Waals surface area contributed by atoms with Gasteiger partial charge in [-0.1, -0.05) is 0 Å². The van der Waals surface area contributed by atoms with Crippen LogP contribution in [-0.2, 0) is 95.7 Å². The largest absolute Gasteiger partial charge is 3.00 e. The van der Waals surface area contributed by atoms with E-state index in [9.17, 15) is 86.1 Å². The minimum absolute atomic E-state index is 0. The van der Waals surface area contributed by atoms with E-state index in [4.69, 9.17) is 0 Å². The Morgan fingerprint density at radius 3 is 0.382 bits per heavy atom. The molecule has 0 aromatic carbocycles. The summed E-state index contributed by atoms with van der Waals surface area (Å²) in [5.74, 6) is 0. The average molecular weight is 843 g/mol. The normalized spacial score (nSPS) is 12.5. The third-order valence-electron chi connectivity index (χ3n) is 1.57. The Hall–Kier alpha value is 3.85. The van der Waals surface area contributed by atoms with E-state index in [1.165, 1.54) is 0 Å². The van der Waals surface area contributed by atoms with Gasteiger partial charge in [0.15, 0.2) is 0 Å². The van der Waals surface area contributed by atoms with Crippen LogP contribution in [0.5, 0.6) is 0 Å². The molecule has 0 rings (SSSR count). The smallest absolute Gasteiger partial charge is 0.809 e. The molecule has 0 saturated carbocycles. The molecule has 0 spiro atoms. The first kappa shape index (κ1) is 54.0. The van der Waals surface area contributed by atoms with Gasteiger partial charge in [-0.15, -0.1) is 34.8 Å². The van der Waals surface area contributed by atoms with Gasteiger partial charge in [-0.25, -0.2) is 0 Å². The molecule has 0 bridgehead atoms. The van der Waals surface area contributed by atoms with Crippen LogP contribution < -0.4 is 58.7 Å². The molecule has 18 nitrogen and oxygen atoms in total. The van der Waals surface area contributed by atoms with Crippen LogP contribution in [0.2, 0.25) is 0 Å². The van der Waals surface area contributed by atoms with E-state index in [0.29, 0.717) is 0 Å². The average Bonchev–Trinajstić information content (AvgIpc) is 2.40. The van der Waals surface area contributed by atoms with Crippen LogP contribution in [0.3, 0.4) is 0 Å². The van der Waals surface area contributed by atoms with Crippen molar-refractivity contribution in [3.05, 3.63) is 0 Å². The molecule has 0 aliphatic heterocycles. The van der Waals surface area contributed by atoms with Crippen molar-refractivity contribution in [3.8, 4) is 0 Å². The molecule has 0 amide bonds. The summed E-state index contributed by atoms with van der Waals surface area (Å²) < 4.78 is 58.5. The van der Waals surface area contributed by atoms with Gasteiger partial charge in [0.2, 0.25) is 0 Å². The van der Waals surface area contributed by atoms with Crippen LogP contribution >= 0.6 is 80.4 Å². The number of hydrogen-bond acceptors (Lipinski definition) is 18. The van der Waals surface area contributed by atoms with Gasteiger partial charge in [0.25, 0.3) is 0 Å². The summed E-state index contributed by atoms with van der Waals surface area (Å²) in [6.45, 7) is 0. The van der Waals surface area contributed by atoms with Crippen molar-refractivity contribution >= 4 is 80.4 Å².